The summed E-state index contributed by atoms with van der Waals surface area (Å²) >= 11 is 0. The number of imidazole rings is 1. The summed E-state index contributed by atoms with van der Waals surface area (Å²) in [7, 11) is 1.66. The number of methoxy groups -OCH3 is 1. The lowest BCUT2D eigenvalue weighted by Crippen LogP contribution is -2.14. The van der Waals surface area contributed by atoms with E-state index < -0.39 is 0 Å². The van der Waals surface area contributed by atoms with Gasteiger partial charge in [-0.15, -0.1) is 0 Å². The molecular formula is C20H19N5O3. The summed E-state index contributed by atoms with van der Waals surface area (Å²) in [5.41, 5.74) is 4.14. The number of hydrogen-bond acceptors (Lipinski definition) is 6. The van der Waals surface area contributed by atoms with Crippen molar-refractivity contribution in [2.45, 2.75) is 13.5 Å². The van der Waals surface area contributed by atoms with Gasteiger partial charge in [0.1, 0.15) is 0 Å². The van der Waals surface area contributed by atoms with Crippen LogP contribution in [0, 0.1) is 6.92 Å². The molecule has 0 saturated carbocycles. The third-order valence-electron chi connectivity index (χ3n) is 4.30. The summed E-state index contributed by atoms with van der Waals surface area (Å²) in [4.78, 5) is 22.9. The average molecular weight is 377 g/mol. The van der Waals surface area contributed by atoms with Gasteiger partial charge in [0, 0.05) is 37.0 Å². The second-order valence-electron chi connectivity index (χ2n) is 6.30. The molecule has 3 heterocycles. The maximum atomic E-state index is 11.8. The van der Waals surface area contributed by atoms with Crippen LogP contribution in [0.4, 0.5) is 11.7 Å². The van der Waals surface area contributed by atoms with Crippen LogP contribution in [0.2, 0.25) is 0 Å². The molecule has 0 aliphatic carbocycles. The topological polar surface area (TPSA) is 98.0 Å². The highest BCUT2D eigenvalue weighted by molar-refractivity contribution is 5.62. The molecule has 0 saturated heterocycles. The van der Waals surface area contributed by atoms with Crippen molar-refractivity contribution in [3.05, 3.63) is 76.9 Å². The highest BCUT2D eigenvalue weighted by atomic mass is 16.5. The molecule has 8 heteroatoms. The second-order valence-corrected chi connectivity index (χ2v) is 6.30. The maximum absolute atomic E-state index is 11.8. The Labute approximate surface area is 160 Å². The number of aryl methyl sites for hydroxylation is 1. The van der Waals surface area contributed by atoms with Crippen LogP contribution in [0.1, 0.15) is 11.1 Å². The molecule has 0 unspecified atom stereocenters. The zero-order valence-corrected chi connectivity index (χ0v) is 15.5. The summed E-state index contributed by atoms with van der Waals surface area (Å²) in [5.74, 6) is 0.547. The van der Waals surface area contributed by atoms with Crippen molar-refractivity contribution in [1.29, 1.82) is 0 Å². The lowest BCUT2D eigenvalue weighted by atomic mass is 10.1. The Hall–Kier alpha value is -3.65. The molecule has 142 valence electrons. The van der Waals surface area contributed by atoms with E-state index >= 15 is 0 Å². The Morgan fingerprint density at radius 3 is 2.93 bits per heavy atom. The van der Waals surface area contributed by atoms with Crippen molar-refractivity contribution in [2.75, 3.05) is 12.4 Å². The first-order valence-corrected chi connectivity index (χ1v) is 8.67. The molecule has 0 spiro atoms. The molecule has 8 nitrogen and oxygen atoms in total. The van der Waals surface area contributed by atoms with Crippen LogP contribution < -0.4 is 11.0 Å². The van der Waals surface area contributed by atoms with Crippen LogP contribution in [-0.4, -0.2) is 26.6 Å². The fourth-order valence-electron chi connectivity index (χ4n) is 2.86. The lowest BCUT2D eigenvalue weighted by Gasteiger charge is -2.08. The zero-order chi connectivity index (χ0) is 19.5. The van der Waals surface area contributed by atoms with Gasteiger partial charge in [0.2, 0.25) is 0 Å². The normalized spacial score (nSPS) is 10.9. The second kappa shape index (κ2) is 7.53. The van der Waals surface area contributed by atoms with Crippen LogP contribution in [0.25, 0.3) is 17.0 Å². The highest BCUT2D eigenvalue weighted by Crippen LogP contribution is 2.27. The fraction of sp³-hybridized carbons (Fsp3) is 0.150. The average Bonchev–Trinajstić information content (AvgIpc) is 3.34. The number of aromatic amines is 1. The van der Waals surface area contributed by atoms with E-state index in [0.29, 0.717) is 24.1 Å². The number of nitrogens with zero attached hydrogens (tertiary/aromatic N) is 3. The number of aromatic nitrogens is 4. The van der Waals surface area contributed by atoms with Crippen molar-refractivity contribution in [3.8, 4) is 17.0 Å². The molecule has 2 N–H and O–H groups in total. The molecule has 3 aromatic heterocycles. The van der Waals surface area contributed by atoms with Crippen LogP contribution in [-0.2, 0) is 11.3 Å². The van der Waals surface area contributed by atoms with E-state index in [4.69, 9.17) is 9.15 Å². The Kier molecular flexibility index (Phi) is 4.77. The third-order valence-corrected chi connectivity index (χ3v) is 4.30. The summed E-state index contributed by atoms with van der Waals surface area (Å²) in [6.07, 6.45) is 8.12. The Balaban J connectivity index is 1.60. The van der Waals surface area contributed by atoms with Gasteiger partial charge in [0.25, 0.3) is 6.01 Å². The Morgan fingerprint density at radius 1 is 1.25 bits per heavy atom. The van der Waals surface area contributed by atoms with Gasteiger partial charge in [-0.25, -0.2) is 9.78 Å². The van der Waals surface area contributed by atoms with Gasteiger partial charge in [0.05, 0.1) is 24.7 Å². The SMILES string of the molecule is COCc1ccc(C)c(Nc2ncc(-c3cncc(-n4cc[nH]c4=O)c3)o2)c1. The predicted octanol–water partition coefficient (Wildman–Crippen LogP) is 3.41. The molecule has 4 rings (SSSR count). The molecule has 0 aliphatic rings. The van der Waals surface area contributed by atoms with E-state index in [-0.39, 0.29) is 5.69 Å². The Morgan fingerprint density at radius 2 is 2.14 bits per heavy atom. The fourth-order valence-corrected chi connectivity index (χ4v) is 2.86. The van der Waals surface area contributed by atoms with Crippen LogP contribution in [0.3, 0.4) is 0 Å². The van der Waals surface area contributed by atoms with Crippen molar-refractivity contribution >= 4 is 11.7 Å². The largest absolute Gasteiger partial charge is 0.423 e. The number of oxazole rings is 1. The number of ether oxygens (including phenoxy) is 1. The molecule has 0 radical (unpaired) electrons. The smallest absolute Gasteiger partial charge is 0.330 e. The van der Waals surface area contributed by atoms with E-state index in [1.165, 1.54) is 4.57 Å². The molecule has 0 atom stereocenters. The number of benzene rings is 1. The lowest BCUT2D eigenvalue weighted by molar-refractivity contribution is 0.185. The van der Waals surface area contributed by atoms with Crippen molar-refractivity contribution in [3.63, 3.8) is 0 Å². The van der Waals surface area contributed by atoms with Gasteiger partial charge < -0.3 is 19.5 Å². The van der Waals surface area contributed by atoms with Crippen molar-refractivity contribution in [2.24, 2.45) is 0 Å². The quantitative estimate of drug-likeness (QED) is 0.534. The maximum Gasteiger partial charge on any atom is 0.330 e. The number of pyridine rings is 1. The number of hydrogen-bond donors (Lipinski definition) is 2. The summed E-state index contributed by atoms with van der Waals surface area (Å²) in [5, 5.41) is 3.20. The van der Waals surface area contributed by atoms with Crippen LogP contribution in [0.15, 0.2) is 64.5 Å². The monoisotopic (exact) mass is 377 g/mol. The first-order valence-electron chi connectivity index (χ1n) is 8.67. The van der Waals surface area contributed by atoms with Gasteiger partial charge in [-0.05, 0) is 30.2 Å². The van der Waals surface area contributed by atoms with Crippen LogP contribution >= 0.6 is 0 Å². The van der Waals surface area contributed by atoms with Gasteiger partial charge >= 0.3 is 5.69 Å². The third kappa shape index (κ3) is 3.58. The molecule has 0 amide bonds. The standard InChI is InChI=1S/C20H19N5O3/c1-13-3-4-14(12-27-2)7-17(13)24-19-23-11-18(28-19)15-8-16(10-21-9-15)25-6-5-22-20(25)26/h3-11H,12H2,1-2H3,(H,22,26)(H,23,24). The summed E-state index contributed by atoms with van der Waals surface area (Å²) in [6.45, 7) is 2.54. The number of rotatable bonds is 6. The van der Waals surface area contributed by atoms with E-state index in [2.05, 4.69) is 20.3 Å². The van der Waals surface area contributed by atoms with E-state index in [0.717, 1.165) is 22.4 Å². The van der Waals surface area contributed by atoms with E-state index in [1.807, 2.05) is 31.2 Å². The Bertz CT molecular complexity index is 1160. The molecular weight excluding hydrogens is 358 g/mol. The molecule has 0 fully saturated rings. The van der Waals surface area contributed by atoms with Gasteiger partial charge in [-0.1, -0.05) is 12.1 Å². The minimum Gasteiger partial charge on any atom is -0.423 e. The number of H-pyrrole nitrogens is 1. The van der Waals surface area contributed by atoms with Crippen molar-refractivity contribution in [1.82, 2.24) is 19.5 Å². The molecule has 0 aliphatic heterocycles. The molecule has 1 aromatic carbocycles. The molecule has 0 bridgehead atoms. The van der Waals surface area contributed by atoms with Crippen molar-refractivity contribution < 1.29 is 9.15 Å². The highest BCUT2D eigenvalue weighted by Gasteiger charge is 2.10. The molecule has 4 aromatic rings. The summed E-state index contributed by atoms with van der Waals surface area (Å²) in [6, 6.07) is 8.23. The number of anilines is 2. The van der Waals surface area contributed by atoms with E-state index in [1.54, 1.807) is 38.1 Å². The van der Waals surface area contributed by atoms with Gasteiger partial charge in [0.15, 0.2) is 5.76 Å². The molecule has 28 heavy (non-hydrogen) atoms. The minimum atomic E-state index is -0.231. The zero-order valence-electron chi connectivity index (χ0n) is 15.5. The predicted molar refractivity (Wildman–Crippen MR) is 105 cm³/mol. The van der Waals surface area contributed by atoms with Gasteiger partial charge in [-0.3, -0.25) is 9.55 Å². The first kappa shape index (κ1) is 17.7. The van der Waals surface area contributed by atoms with E-state index in [9.17, 15) is 4.79 Å². The minimum absolute atomic E-state index is 0.231. The van der Waals surface area contributed by atoms with Crippen LogP contribution in [0.5, 0.6) is 0 Å². The summed E-state index contributed by atoms with van der Waals surface area (Å²) < 4.78 is 12.5. The first-order chi connectivity index (χ1) is 13.6. The van der Waals surface area contributed by atoms with Gasteiger partial charge in [-0.2, -0.15) is 0 Å². The number of nitrogens with one attached hydrogen (secondary N) is 2.